The fourth-order valence-electron chi connectivity index (χ4n) is 3.34. The van der Waals surface area contributed by atoms with Crippen LogP contribution < -0.4 is 5.32 Å². The Hall–Kier alpha value is -2.32. The van der Waals surface area contributed by atoms with Gasteiger partial charge in [-0.1, -0.05) is 30.8 Å². The van der Waals surface area contributed by atoms with Crippen LogP contribution in [0.2, 0.25) is 0 Å². The second-order valence-electron chi connectivity index (χ2n) is 7.40. The molecule has 140 valence electrons. The molecule has 0 spiro atoms. The summed E-state index contributed by atoms with van der Waals surface area (Å²) in [4.78, 5) is 17.4. The number of thioether (sulfide) groups is 1. The van der Waals surface area contributed by atoms with Crippen molar-refractivity contribution >= 4 is 23.4 Å². The zero-order valence-corrected chi connectivity index (χ0v) is 17.1. The summed E-state index contributed by atoms with van der Waals surface area (Å²) in [5.41, 5.74) is 5.88. The van der Waals surface area contributed by atoms with Crippen molar-refractivity contribution in [3.05, 3.63) is 52.2 Å². The van der Waals surface area contributed by atoms with Gasteiger partial charge in [0.2, 0.25) is 5.91 Å². The number of hydrogen-bond donors (Lipinski definition) is 1. The van der Waals surface area contributed by atoms with E-state index in [1.165, 1.54) is 17.3 Å². The lowest BCUT2D eigenvalue weighted by Gasteiger charge is -2.22. The Morgan fingerprint density at radius 1 is 1.41 bits per heavy atom. The number of nitrogens with one attached hydrogen (secondary N) is 1. The van der Waals surface area contributed by atoms with Crippen molar-refractivity contribution in [1.82, 2.24) is 4.98 Å². The highest BCUT2D eigenvalue weighted by atomic mass is 32.2. The van der Waals surface area contributed by atoms with Crippen LogP contribution in [0.4, 0.5) is 5.69 Å². The number of carbonyl (C=O) groups excluding carboxylic acids is 1. The van der Waals surface area contributed by atoms with E-state index in [0.717, 1.165) is 41.8 Å². The van der Waals surface area contributed by atoms with E-state index in [0.29, 0.717) is 16.5 Å². The Labute approximate surface area is 165 Å². The monoisotopic (exact) mass is 379 g/mol. The zero-order chi connectivity index (χ0) is 19.6. The summed E-state index contributed by atoms with van der Waals surface area (Å²) in [7, 11) is 0. The number of aryl methyl sites for hydroxylation is 2. The van der Waals surface area contributed by atoms with Gasteiger partial charge in [-0.05, 0) is 74.8 Å². The minimum Gasteiger partial charge on any atom is -0.325 e. The number of anilines is 1. The van der Waals surface area contributed by atoms with E-state index in [1.807, 2.05) is 45.0 Å². The number of nitrogens with zero attached hydrogens (tertiary/aromatic N) is 2. The van der Waals surface area contributed by atoms with Crippen molar-refractivity contribution in [2.45, 2.75) is 57.2 Å². The smallest absolute Gasteiger partial charge is 0.237 e. The fourth-order valence-corrected chi connectivity index (χ4v) is 4.23. The molecule has 0 radical (unpaired) electrons. The van der Waals surface area contributed by atoms with Crippen molar-refractivity contribution in [1.29, 1.82) is 5.26 Å². The number of aromatic nitrogens is 1. The predicted molar refractivity (Wildman–Crippen MR) is 110 cm³/mol. The third-order valence-corrected chi connectivity index (χ3v) is 6.34. The van der Waals surface area contributed by atoms with Gasteiger partial charge in [0.15, 0.2) is 0 Å². The van der Waals surface area contributed by atoms with Crippen LogP contribution in [-0.4, -0.2) is 16.1 Å². The Balaban J connectivity index is 1.77. The largest absolute Gasteiger partial charge is 0.325 e. The number of hydrogen-bond acceptors (Lipinski definition) is 4. The number of fused-ring (bicyclic) bond motifs is 1. The van der Waals surface area contributed by atoms with E-state index in [9.17, 15) is 10.1 Å². The van der Waals surface area contributed by atoms with Gasteiger partial charge in [0.1, 0.15) is 11.1 Å². The number of amides is 1. The molecule has 0 bridgehead atoms. The first kappa shape index (κ1) is 19.4. The molecule has 0 fully saturated rings. The van der Waals surface area contributed by atoms with Crippen molar-refractivity contribution in [2.75, 3.05) is 5.32 Å². The molecule has 27 heavy (non-hydrogen) atoms. The van der Waals surface area contributed by atoms with Gasteiger partial charge in [0, 0.05) is 11.4 Å². The Kier molecular flexibility index (Phi) is 5.86. The molecule has 1 aliphatic carbocycles. The molecule has 1 N–H and O–H groups in total. The highest BCUT2D eigenvalue weighted by Crippen LogP contribution is 2.31. The Morgan fingerprint density at radius 2 is 2.19 bits per heavy atom. The maximum atomic E-state index is 12.7. The number of benzene rings is 1. The van der Waals surface area contributed by atoms with Gasteiger partial charge in [-0.25, -0.2) is 4.98 Å². The average molecular weight is 380 g/mol. The normalized spacial score (nSPS) is 16.9. The lowest BCUT2D eigenvalue weighted by Crippen LogP contribution is -2.23. The van der Waals surface area contributed by atoms with E-state index in [-0.39, 0.29) is 11.2 Å². The van der Waals surface area contributed by atoms with E-state index < -0.39 is 0 Å². The van der Waals surface area contributed by atoms with E-state index in [4.69, 9.17) is 4.98 Å². The predicted octanol–water partition coefficient (Wildman–Crippen LogP) is 4.81. The first-order chi connectivity index (χ1) is 12.9. The molecular weight excluding hydrogens is 354 g/mol. The zero-order valence-electron chi connectivity index (χ0n) is 16.3. The molecule has 2 atom stereocenters. The van der Waals surface area contributed by atoms with E-state index in [1.54, 1.807) is 0 Å². The maximum absolute atomic E-state index is 12.7. The summed E-state index contributed by atoms with van der Waals surface area (Å²) in [5.74, 6) is 0.553. The lowest BCUT2D eigenvalue weighted by atomic mass is 9.87. The SMILES string of the molecule is Cc1cccc(NC(=O)C(C)Sc2nc3c(cc2C#N)CC(C)CC3)c1C. The molecule has 5 heteroatoms. The minimum absolute atomic E-state index is 0.0780. The second-order valence-corrected chi connectivity index (χ2v) is 8.73. The molecule has 1 aliphatic rings. The molecule has 1 aromatic heterocycles. The first-order valence-electron chi connectivity index (χ1n) is 9.35. The lowest BCUT2D eigenvalue weighted by molar-refractivity contribution is -0.115. The molecule has 2 aromatic rings. The van der Waals surface area contributed by atoms with Crippen LogP contribution in [0.1, 0.15) is 48.2 Å². The number of nitriles is 1. The van der Waals surface area contributed by atoms with Crippen LogP contribution >= 0.6 is 11.8 Å². The first-order valence-corrected chi connectivity index (χ1v) is 10.2. The van der Waals surface area contributed by atoms with Crippen LogP contribution in [-0.2, 0) is 17.6 Å². The average Bonchev–Trinajstić information content (AvgIpc) is 2.65. The highest BCUT2D eigenvalue weighted by Gasteiger charge is 2.22. The van der Waals surface area contributed by atoms with Crippen molar-refractivity contribution in [2.24, 2.45) is 5.92 Å². The van der Waals surface area contributed by atoms with Crippen molar-refractivity contribution in [3.63, 3.8) is 0 Å². The van der Waals surface area contributed by atoms with E-state index in [2.05, 4.69) is 18.3 Å². The van der Waals surface area contributed by atoms with Crippen LogP contribution in [0.3, 0.4) is 0 Å². The van der Waals surface area contributed by atoms with Gasteiger partial charge in [0.25, 0.3) is 0 Å². The van der Waals surface area contributed by atoms with Crippen molar-refractivity contribution in [3.8, 4) is 6.07 Å². The standard InChI is InChI=1S/C22H25N3OS/c1-13-8-9-20-17(10-13)11-18(12-23)22(25-20)27-16(4)21(26)24-19-7-5-6-14(2)15(19)3/h5-7,11,13,16H,8-10H2,1-4H3,(H,24,26). The van der Waals surface area contributed by atoms with Gasteiger partial charge in [0.05, 0.1) is 10.8 Å². The number of carbonyl (C=O) groups is 1. The summed E-state index contributed by atoms with van der Waals surface area (Å²) in [6.45, 7) is 8.12. The summed E-state index contributed by atoms with van der Waals surface area (Å²) in [5, 5.41) is 12.9. The van der Waals surface area contributed by atoms with Gasteiger partial charge >= 0.3 is 0 Å². The molecule has 0 saturated heterocycles. The van der Waals surface area contributed by atoms with Crippen LogP contribution in [0.25, 0.3) is 0 Å². The second kappa shape index (κ2) is 8.14. The van der Waals surface area contributed by atoms with Gasteiger partial charge in [-0.2, -0.15) is 5.26 Å². The van der Waals surface area contributed by atoms with Gasteiger partial charge in [-0.15, -0.1) is 0 Å². The van der Waals surface area contributed by atoms with Crippen LogP contribution in [0.5, 0.6) is 0 Å². The summed E-state index contributed by atoms with van der Waals surface area (Å²) < 4.78 is 0. The van der Waals surface area contributed by atoms with E-state index >= 15 is 0 Å². The molecular formula is C22H25N3OS. The fraction of sp³-hybridized carbons (Fsp3) is 0.409. The molecule has 1 heterocycles. The molecule has 0 saturated carbocycles. The van der Waals surface area contributed by atoms with Gasteiger partial charge < -0.3 is 5.32 Å². The van der Waals surface area contributed by atoms with Crippen LogP contribution in [0.15, 0.2) is 29.3 Å². The topological polar surface area (TPSA) is 65.8 Å². The molecule has 3 rings (SSSR count). The molecule has 2 unspecified atom stereocenters. The summed E-state index contributed by atoms with van der Waals surface area (Å²) >= 11 is 1.36. The maximum Gasteiger partial charge on any atom is 0.237 e. The summed E-state index contributed by atoms with van der Waals surface area (Å²) in [6, 6.07) is 10.1. The Morgan fingerprint density at radius 3 is 2.93 bits per heavy atom. The van der Waals surface area contributed by atoms with Gasteiger partial charge in [-0.3, -0.25) is 4.79 Å². The molecule has 1 amide bonds. The molecule has 0 aliphatic heterocycles. The Bertz CT molecular complexity index is 917. The van der Waals surface area contributed by atoms with Crippen LogP contribution in [0, 0.1) is 31.1 Å². The molecule has 4 nitrogen and oxygen atoms in total. The number of pyridine rings is 1. The summed E-state index contributed by atoms with van der Waals surface area (Å²) in [6.07, 6.45) is 3.04. The third kappa shape index (κ3) is 4.33. The molecule has 1 aromatic carbocycles. The third-order valence-electron chi connectivity index (χ3n) is 5.24. The number of rotatable bonds is 4. The minimum atomic E-state index is -0.343. The van der Waals surface area contributed by atoms with Crippen molar-refractivity contribution < 1.29 is 4.79 Å². The quantitative estimate of drug-likeness (QED) is 0.774. The highest BCUT2D eigenvalue weighted by molar-refractivity contribution is 8.00.